The van der Waals surface area contributed by atoms with Crippen molar-refractivity contribution in [1.82, 2.24) is 19.1 Å². The third-order valence-corrected chi connectivity index (χ3v) is 9.01. The Morgan fingerprint density at radius 1 is 0.513 bits per heavy atom. The van der Waals surface area contributed by atoms with E-state index in [1.807, 2.05) is 29.8 Å². The molecule has 0 amide bonds. The van der Waals surface area contributed by atoms with Crippen LogP contribution in [0.4, 0.5) is 0 Å². The lowest BCUT2D eigenvalue weighted by Gasteiger charge is -2.12. The molecule has 9 rings (SSSR count). The number of thiophene rings is 1. The van der Waals surface area contributed by atoms with Crippen LogP contribution in [0.3, 0.4) is 0 Å². The predicted molar refractivity (Wildman–Crippen MR) is 164 cm³/mol. The van der Waals surface area contributed by atoms with E-state index in [4.69, 9.17) is 9.97 Å². The molecular weight excluding hydrogens is 496 g/mol. The van der Waals surface area contributed by atoms with Crippen LogP contribution in [-0.4, -0.2) is 19.1 Å². The Morgan fingerprint density at radius 3 is 2.21 bits per heavy atom. The second kappa shape index (κ2) is 7.76. The van der Waals surface area contributed by atoms with Gasteiger partial charge in [-0.05, 0) is 42.5 Å². The van der Waals surface area contributed by atoms with Gasteiger partial charge in [0.1, 0.15) is 11.0 Å². The van der Waals surface area contributed by atoms with Gasteiger partial charge in [0, 0.05) is 44.3 Å². The standard InChI is InChI=1S/C34H20N4S/c1-2-10-21(11-3-1)37-26-15-6-4-12-22(26)25-20-36-31-30-27(17-9-19-35-30)38(33(31)32(25)37)28-16-8-14-24-23-13-5-7-18-29(23)39-34(24)28/h1-20H. The number of rotatable bonds is 2. The summed E-state index contributed by atoms with van der Waals surface area (Å²) in [5.41, 5.74) is 8.55. The highest BCUT2D eigenvalue weighted by molar-refractivity contribution is 7.26. The summed E-state index contributed by atoms with van der Waals surface area (Å²) in [6.45, 7) is 0. The fourth-order valence-electron chi connectivity index (χ4n) is 6.20. The van der Waals surface area contributed by atoms with Crippen LogP contribution >= 0.6 is 11.3 Å². The quantitative estimate of drug-likeness (QED) is 0.230. The molecule has 0 aliphatic rings. The monoisotopic (exact) mass is 516 g/mol. The minimum atomic E-state index is 0.913. The van der Waals surface area contributed by atoms with Gasteiger partial charge in [-0.3, -0.25) is 9.97 Å². The summed E-state index contributed by atoms with van der Waals surface area (Å²) in [6.07, 6.45) is 3.89. The smallest absolute Gasteiger partial charge is 0.117 e. The predicted octanol–water partition coefficient (Wildman–Crippen LogP) is 9.04. The molecule has 0 spiro atoms. The maximum atomic E-state index is 5.07. The van der Waals surface area contributed by atoms with Gasteiger partial charge in [-0.25, -0.2) is 0 Å². The molecule has 5 heteroatoms. The van der Waals surface area contributed by atoms with Crippen molar-refractivity contribution in [3.63, 3.8) is 0 Å². The normalized spacial score (nSPS) is 12.1. The van der Waals surface area contributed by atoms with Gasteiger partial charge in [-0.15, -0.1) is 11.3 Å². The van der Waals surface area contributed by atoms with Crippen molar-refractivity contribution in [2.45, 2.75) is 0 Å². The Hall–Kier alpha value is -5.00. The number of pyridine rings is 2. The second-order valence-electron chi connectivity index (χ2n) is 9.86. The number of fused-ring (bicyclic) bond motifs is 10. The Kier molecular flexibility index (Phi) is 4.18. The first kappa shape index (κ1) is 21.0. The number of aromatic nitrogens is 4. The molecule has 0 fully saturated rings. The number of hydrogen-bond donors (Lipinski definition) is 0. The van der Waals surface area contributed by atoms with Crippen molar-refractivity contribution in [3.05, 3.63) is 122 Å². The molecule has 0 N–H and O–H groups in total. The number of hydrogen-bond acceptors (Lipinski definition) is 3. The average molecular weight is 517 g/mol. The molecule has 4 nitrogen and oxygen atoms in total. The SMILES string of the molecule is c1ccc(-n2c3ccccc3c3cnc4c5ncccc5n(-c5cccc6c5sc5ccccc56)c4c32)cc1. The molecule has 0 saturated heterocycles. The summed E-state index contributed by atoms with van der Waals surface area (Å²) < 4.78 is 7.33. The number of nitrogens with zero attached hydrogens (tertiary/aromatic N) is 4. The largest absolute Gasteiger partial charge is 0.307 e. The highest BCUT2D eigenvalue weighted by Crippen LogP contribution is 2.43. The summed E-state index contributed by atoms with van der Waals surface area (Å²) >= 11 is 1.85. The Bertz CT molecular complexity index is 2390. The summed E-state index contributed by atoms with van der Waals surface area (Å²) in [5, 5.41) is 4.89. The van der Waals surface area contributed by atoms with Crippen LogP contribution in [-0.2, 0) is 0 Å². The Labute approximate surface area is 227 Å². The molecule has 4 aromatic carbocycles. The van der Waals surface area contributed by atoms with Crippen LogP contribution < -0.4 is 0 Å². The number of benzene rings is 4. The lowest BCUT2D eigenvalue weighted by molar-refractivity contribution is 1.15. The van der Waals surface area contributed by atoms with E-state index in [0.29, 0.717) is 0 Å². The van der Waals surface area contributed by atoms with Gasteiger partial charge in [0.15, 0.2) is 0 Å². The third kappa shape index (κ3) is 2.77. The molecule has 182 valence electrons. The van der Waals surface area contributed by atoms with E-state index in [1.54, 1.807) is 0 Å². The maximum absolute atomic E-state index is 5.07. The van der Waals surface area contributed by atoms with Gasteiger partial charge in [-0.2, -0.15) is 0 Å². The van der Waals surface area contributed by atoms with Crippen LogP contribution in [0, 0.1) is 0 Å². The summed E-state index contributed by atoms with van der Waals surface area (Å²) in [6, 6.07) is 38.7. The van der Waals surface area contributed by atoms with E-state index in [2.05, 4.69) is 112 Å². The highest BCUT2D eigenvalue weighted by Gasteiger charge is 2.23. The third-order valence-electron chi connectivity index (χ3n) is 7.80. The van der Waals surface area contributed by atoms with Crippen molar-refractivity contribution >= 4 is 75.4 Å². The fourth-order valence-corrected chi connectivity index (χ4v) is 7.41. The van der Waals surface area contributed by atoms with Gasteiger partial charge >= 0.3 is 0 Å². The summed E-state index contributed by atoms with van der Waals surface area (Å²) in [5.74, 6) is 0. The van der Waals surface area contributed by atoms with Crippen LogP contribution in [0.2, 0.25) is 0 Å². The van der Waals surface area contributed by atoms with E-state index in [0.717, 1.165) is 49.9 Å². The molecular formula is C34H20N4S. The van der Waals surface area contributed by atoms with E-state index < -0.39 is 0 Å². The summed E-state index contributed by atoms with van der Waals surface area (Å²) in [4.78, 5) is 9.92. The first-order valence-electron chi connectivity index (χ1n) is 13.0. The maximum Gasteiger partial charge on any atom is 0.117 e. The molecule has 5 aromatic heterocycles. The van der Waals surface area contributed by atoms with Crippen molar-refractivity contribution in [1.29, 1.82) is 0 Å². The van der Waals surface area contributed by atoms with Crippen LogP contribution in [0.1, 0.15) is 0 Å². The Morgan fingerprint density at radius 2 is 1.28 bits per heavy atom. The van der Waals surface area contributed by atoms with Crippen LogP contribution in [0.25, 0.3) is 75.4 Å². The van der Waals surface area contributed by atoms with E-state index >= 15 is 0 Å². The molecule has 0 aliphatic carbocycles. The molecule has 5 heterocycles. The zero-order chi connectivity index (χ0) is 25.5. The second-order valence-corrected chi connectivity index (χ2v) is 10.9. The highest BCUT2D eigenvalue weighted by atomic mass is 32.1. The van der Waals surface area contributed by atoms with E-state index in [-0.39, 0.29) is 0 Å². The van der Waals surface area contributed by atoms with Crippen LogP contribution in [0.15, 0.2) is 122 Å². The first-order chi connectivity index (χ1) is 19.4. The van der Waals surface area contributed by atoms with E-state index in [9.17, 15) is 0 Å². The molecule has 0 aliphatic heterocycles. The Balaban J connectivity index is 1.56. The minimum Gasteiger partial charge on any atom is -0.307 e. The molecule has 0 bridgehead atoms. The summed E-state index contributed by atoms with van der Waals surface area (Å²) in [7, 11) is 0. The van der Waals surface area contributed by atoms with E-state index in [1.165, 1.54) is 25.6 Å². The minimum absolute atomic E-state index is 0.913. The molecule has 0 atom stereocenters. The van der Waals surface area contributed by atoms with Crippen LogP contribution in [0.5, 0.6) is 0 Å². The zero-order valence-corrected chi connectivity index (χ0v) is 21.6. The van der Waals surface area contributed by atoms with Crippen molar-refractivity contribution < 1.29 is 0 Å². The van der Waals surface area contributed by atoms with Crippen molar-refractivity contribution in [2.75, 3.05) is 0 Å². The lowest BCUT2D eigenvalue weighted by Crippen LogP contribution is -1.99. The van der Waals surface area contributed by atoms with Crippen molar-refractivity contribution in [3.8, 4) is 11.4 Å². The van der Waals surface area contributed by atoms with Gasteiger partial charge in [0.05, 0.1) is 32.5 Å². The van der Waals surface area contributed by atoms with Crippen molar-refractivity contribution in [2.24, 2.45) is 0 Å². The molecule has 0 radical (unpaired) electrons. The van der Waals surface area contributed by atoms with Gasteiger partial charge in [0.2, 0.25) is 0 Å². The number of para-hydroxylation sites is 2. The fraction of sp³-hybridized carbons (Fsp3) is 0. The molecule has 9 aromatic rings. The molecule has 39 heavy (non-hydrogen) atoms. The van der Waals surface area contributed by atoms with Gasteiger partial charge in [-0.1, -0.05) is 66.7 Å². The van der Waals surface area contributed by atoms with Gasteiger partial charge in [0.25, 0.3) is 0 Å². The first-order valence-corrected chi connectivity index (χ1v) is 13.8. The topological polar surface area (TPSA) is 35.6 Å². The average Bonchev–Trinajstić information content (AvgIpc) is 3.65. The van der Waals surface area contributed by atoms with Gasteiger partial charge < -0.3 is 9.13 Å². The zero-order valence-electron chi connectivity index (χ0n) is 20.7. The molecule has 0 saturated carbocycles. The lowest BCUT2D eigenvalue weighted by atomic mass is 10.1. The molecule has 0 unspecified atom stereocenters.